The number of hydrogen-bond acceptors (Lipinski definition) is 5. The van der Waals surface area contributed by atoms with Crippen molar-refractivity contribution in [3.8, 4) is 0 Å². The Morgan fingerprint density at radius 3 is 2.84 bits per heavy atom. The van der Waals surface area contributed by atoms with E-state index in [2.05, 4.69) is 38.0 Å². The molecule has 25 heavy (non-hydrogen) atoms. The average molecular weight is 342 g/mol. The van der Waals surface area contributed by atoms with Crippen LogP contribution in [0.4, 0.5) is 0 Å². The molecule has 1 aliphatic rings. The summed E-state index contributed by atoms with van der Waals surface area (Å²) in [5, 5.41) is 14.4. The molecule has 2 aromatic rings. The summed E-state index contributed by atoms with van der Waals surface area (Å²) >= 11 is 0. The summed E-state index contributed by atoms with van der Waals surface area (Å²) in [4.78, 5) is 14.5. The van der Waals surface area contributed by atoms with Crippen LogP contribution in [0.3, 0.4) is 0 Å². The van der Waals surface area contributed by atoms with Crippen molar-refractivity contribution >= 4 is 5.91 Å². The molecule has 1 aromatic carbocycles. The average Bonchev–Trinajstić information content (AvgIpc) is 3.10. The summed E-state index contributed by atoms with van der Waals surface area (Å²) in [6, 6.07) is 8.58. The molecule has 7 nitrogen and oxygen atoms in total. The van der Waals surface area contributed by atoms with Crippen LogP contribution in [0.25, 0.3) is 0 Å². The van der Waals surface area contributed by atoms with Gasteiger partial charge in [-0.1, -0.05) is 29.5 Å². The highest BCUT2D eigenvalue weighted by Gasteiger charge is 2.18. The van der Waals surface area contributed by atoms with E-state index in [-0.39, 0.29) is 5.91 Å². The minimum atomic E-state index is -0.182. The first-order valence-corrected chi connectivity index (χ1v) is 8.75. The molecule has 1 saturated heterocycles. The zero-order valence-corrected chi connectivity index (χ0v) is 14.9. The smallest absolute Gasteiger partial charge is 0.273 e. The second kappa shape index (κ2) is 8.22. The molecule has 0 atom stereocenters. The van der Waals surface area contributed by atoms with Gasteiger partial charge in [0.15, 0.2) is 5.69 Å². The van der Waals surface area contributed by atoms with Gasteiger partial charge in [0.05, 0.1) is 12.2 Å². The van der Waals surface area contributed by atoms with Gasteiger partial charge in [0, 0.05) is 13.1 Å². The zero-order chi connectivity index (χ0) is 17.6. The number of benzene rings is 1. The lowest BCUT2D eigenvalue weighted by atomic mass is 10.1. The fourth-order valence-electron chi connectivity index (χ4n) is 3.11. The van der Waals surface area contributed by atoms with Crippen molar-refractivity contribution in [2.24, 2.45) is 0 Å². The van der Waals surface area contributed by atoms with Crippen molar-refractivity contribution in [2.75, 3.05) is 27.2 Å². The van der Waals surface area contributed by atoms with E-state index in [1.54, 1.807) is 6.20 Å². The molecule has 0 bridgehead atoms. The Bertz CT molecular complexity index is 705. The molecule has 134 valence electrons. The van der Waals surface area contributed by atoms with Gasteiger partial charge < -0.3 is 15.5 Å². The van der Waals surface area contributed by atoms with E-state index in [4.69, 9.17) is 0 Å². The summed E-state index contributed by atoms with van der Waals surface area (Å²) in [5.74, 6) is -0.182. The number of piperidine rings is 1. The highest BCUT2D eigenvalue weighted by Crippen LogP contribution is 2.17. The number of aromatic nitrogens is 3. The summed E-state index contributed by atoms with van der Waals surface area (Å²) in [6.07, 6.45) is 3.79. The molecule has 1 aliphatic heterocycles. The largest absolute Gasteiger partial charge is 0.347 e. The van der Waals surface area contributed by atoms with Gasteiger partial charge in [0.25, 0.3) is 5.91 Å². The number of amides is 1. The molecule has 1 amide bonds. The Labute approximate surface area is 148 Å². The first kappa shape index (κ1) is 17.6. The van der Waals surface area contributed by atoms with Crippen LogP contribution >= 0.6 is 0 Å². The van der Waals surface area contributed by atoms with E-state index in [0.29, 0.717) is 18.3 Å². The fourth-order valence-corrected chi connectivity index (χ4v) is 3.11. The Morgan fingerprint density at radius 2 is 2.08 bits per heavy atom. The number of carbonyl (C=O) groups excluding carboxylic acids is 1. The molecule has 0 unspecified atom stereocenters. The molecule has 0 saturated carbocycles. The SMILES string of the molecule is CN(C)Cc1cccc(CNC(=O)c2cn(C3CCNCC3)nn2)c1. The first-order chi connectivity index (χ1) is 12.1. The molecule has 3 rings (SSSR count). The quantitative estimate of drug-likeness (QED) is 0.825. The summed E-state index contributed by atoms with van der Waals surface area (Å²) in [6.45, 7) is 3.33. The zero-order valence-electron chi connectivity index (χ0n) is 14.9. The maximum absolute atomic E-state index is 12.3. The Balaban J connectivity index is 1.56. The molecule has 7 heteroatoms. The summed E-state index contributed by atoms with van der Waals surface area (Å²) in [7, 11) is 4.08. The first-order valence-electron chi connectivity index (χ1n) is 8.75. The topological polar surface area (TPSA) is 75.1 Å². The maximum Gasteiger partial charge on any atom is 0.273 e. The van der Waals surface area contributed by atoms with Crippen molar-refractivity contribution < 1.29 is 4.79 Å². The van der Waals surface area contributed by atoms with Crippen molar-refractivity contribution in [3.63, 3.8) is 0 Å². The van der Waals surface area contributed by atoms with Crippen LogP contribution in [0.2, 0.25) is 0 Å². The van der Waals surface area contributed by atoms with Crippen LogP contribution in [0.1, 0.15) is 40.5 Å². The fraction of sp³-hybridized carbons (Fsp3) is 0.500. The molecular weight excluding hydrogens is 316 g/mol. The van der Waals surface area contributed by atoms with Gasteiger partial charge in [-0.05, 0) is 51.2 Å². The third-order valence-electron chi connectivity index (χ3n) is 4.37. The predicted molar refractivity (Wildman–Crippen MR) is 96.2 cm³/mol. The monoisotopic (exact) mass is 342 g/mol. The number of rotatable bonds is 6. The van der Waals surface area contributed by atoms with Crippen LogP contribution in [0.15, 0.2) is 30.5 Å². The van der Waals surface area contributed by atoms with Crippen molar-refractivity contribution in [1.82, 2.24) is 30.5 Å². The summed E-state index contributed by atoms with van der Waals surface area (Å²) < 4.78 is 1.83. The van der Waals surface area contributed by atoms with Crippen LogP contribution in [-0.4, -0.2) is 53.0 Å². The van der Waals surface area contributed by atoms with Gasteiger partial charge in [0.2, 0.25) is 0 Å². The molecule has 1 aromatic heterocycles. The third-order valence-corrected chi connectivity index (χ3v) is 4.37. The minimum absolute atomic E-state index is 0.182. The van der Waals surface area contributed by atoms with Crippen LogP contribution in [0.5, 0.6) is 0 Å². The normalized spacial score (nSPS) is 15.5. The van der Waals surface area contributed by atoms with E-state index in [9.17, 15) is 4.79 Å². The standard InChI is InChI=1S/C18H26N6O/c1-23(2)12-15-5-3-4-14(10-15)11-20-18(25)17-13-24(22-21-17)16-6-8-19-9-7-16/h3-5,10,13,16,19H,6-9,11-12H2,1-2H3,(H,20,25). The van der Waals surface area contributed by atoms with Gasteiger partial charge in [-0.2, -0.15) is 0 Å². The number of nitrogens with zero attached hydrogens (tertiary/aromatic N) is 4. The van der Waals surface area contributed by atoms with E-state index in [0.717, 1.165) is 38.0 Å². The highest BCUT2D eigenvalue weighted by atomic mass is 16.2. The lowest BCUT2D eigenvalue weighted by Crippen LogP contribution is -2.29. The van der Waals surface area contributed by atoms with Crippen LogP contribution < -0.4 is 10.6 Å². The van der Waals surface area contributed by atoms with Gasteiger partial charge in [0.1, 0.15) is 0 Å². The summed E-state index contributed by atoms with van der Waals surface area (Å²) in [5.41, 5.74) is 2.69. The second-order valence-corrected chi connectivity index (χ2v) is 6.81. The second-order valence-electron chi connectivity index (χ2n) is 6.81. The number of hydrogen-bond donors (Lipinski definition) is 2. The Morgan fingerprint density at radius 1 is 1.32 bits per heavy atom. The molecule has 1 fully saturated rings. The van der Waals surface area contributed by atoms with Gasteiger partial charge in [-0.15, -0.1) is 5.10 Å². The predicted octanol–water partition coefficient (Wildman–Crippen LogP) is 1.19. The van der Waals surface area contributed by atoms with E-state index in [1.165, 1.54) is 5.56 Å². The van der Waals surface area contributed by atoms with Crippen LogP contribution in [0, 0.1) is 0 Å². The van der Waals surface area contributed by atoms with Crippen molar-refractivity contribution in [3.05, 3.63) is 47.3 Å². The number of carbonyl (C=O) groups is 1. The highest BCUT2D eigenvalue weighted by molar-refractivity contribution is 5.91. The molecule has 0 aliphatic carbocycles. The number of nitrogens with one attached hydrogen (secondary N) is 2. The van der Waals surface area contributed by atoms with Crippen molar-refractivity contribution in [2.45, 2.75) is 32.0 Å². The molecule has 0 spiro atoms. The third kappa shape index (κ3) is 4.87. The molecule has 0 radical (unpaired) electrons. The molecule has 2 heterocycles. The maximum atomic E-state index is 12.3. The lowest BCUT2D eigenvalue weighted by molar-refractivity contribution is 0.0945. The minimum Gasteiger partial charge on any atom is -0.347 e. The molecular formula is C18H26N6O. The van der Waals surface area contributed by atoms with Gasteiger partial charge >= 0.3 is 0 Å². The van der Waals surface area contributed by atoms with Crippen LogP contribution in [-0.2, 0) is 13.1 Å². The van der Waals surface area contributed by atoms with E-state index < -0.39 is 0 Å². The lowest BCUT2D eigenvalue weighted by Gasteiger charge is -2.22. The Kier molecular flexibility index (Phi) is 5.78. The Hall–Kier alpha value is -2.25. The molecule has 2 N–H and O–H groups in total. The van der Waals surface area contributed by atoms with E-state index in [1.807, 2.05) is 30.9 Å². The van der Waals surface area contributed by atoms with Gasteiger partial charge in [-0.3, -0.25) is 4.79 Å². The van der Waals surface area contributed by atoms with Gasteiger partial charge in [-0.25, -0.2) is 4.68 Å². The van der Waals surface area contributed by atoms with E-state index >= 15 is 0 Å². The van der Waals surface area contributed by atoms with Crippen molar-refractivity contribution in [1.29, 1.82) is 0 Å².